The Labute approximate surface area is 117 Å². The van der Waals surface area contributed by atoms with Crippen molar-refractivity contribution in [3.8, 4) is 5.75 Å². The van der Waals surface area contributed by atoms with Gasteiger partial charge >= 0.3 is 0 Å². The lowest BCUT2D eigenvalue weighted by molar-refractivity contribution is -0.0113. The van der Waals surface area contributed by atoms with Gasteiger partial charge in [-0.3, -0.25) is 0 Å². The van der Waals surface area contributed by atoms with Crippen molar-refractivity contribution in [2.75, 3.05) is 13.2 Å². The zero-order valence-electron chi connectivity index (χ0n) is 12.6. The van der Waals surface area contributed by atoms with Crippen LogP contribution in [-0.4, -0.2) is 23.9 Å². The maximum absolute atomic E-state index is 10.2. The molecule has 1 unspecified atom stereocenters. The zero-order valence-corrected chi connectivity index (χ0v) is 12.6. The fourth-order valence-corrected chi connectivity index (χ4v) is 1.95. The van der Waals surface area contributed by atoms with E-state index in [-0.39, 0.29) is 0 Å². The number of hydrogen-bond acceptors (Lipinski definition) is 3. The predicted octanol–water partition coefficient (Wildman–Crippen LogP) is 3.29. The Morgan fingerprint density at radius 3 is 2.21 bits per heavy atom. The van der Waals surface area contributed by atoms with Gasteiger partial charge in [0.15, 0.2) is 0 Å². The van der Waals surface area contributed by atoms with E-state index < -0.39 is 5.60 Å². The minimum Gasteiger partial charge on any atom is -0.491 e. The Kier molecular flexibility index (Phi) is 6.32. The Balaban J connectivity index is 2.57. The molecular formula is C16H27NO2. The molecule has 2 N–H and O–H groups in total. The molecule has 0 spiro atoms. The van der Waals surface area contributed by atoms with Gasteiger partial charge in [-0.15, -0.1) is 0 Å². The molecule has 0 saturated carbocycles. The number of ether oxygens (including phenoxy) is 1. The molecule has 0 amide bonds. The second kappa shape index (κ2) is 7.51. The lowest BCUT2D eigenvalue weighted by atomic mass is 9.99. The quantitative estimate of drug-likeness (QED) is 0.758. The maximum Gasteiger partial charge on any atom is 0.119 e. The van der Waals surface area contributed by atoms with Crippen LogP contribution in [0, 0.1) is 0 Å². The third-order valence-corrected chi connectivity index (χ3v) is 3.71. The van der Waals surface area contributed by atoms with Crippen molar-refractivity contribution < 1.29 is 9.84 Å². The molecule has 0 radical (unpaired) electrons. The van der Waals surface area contributed by atoms with Gasteiger partial charge in [-0.2, -0.15) is 0 Å². The average molecular weight is 265 g/mol. The summed E-state index contributed by atoms with van der Waals surface area (Å²) >= 11 is 0. The summed E-state index contributed by atoms with van der Waals surface area (Å²) in [5.74, 6) is 0.813. The summed E-state index contributed by atoms with van der Waals surface area (Å²) in [6.07, 6.45) is 1.41. The molecule has 0 bridgehead atoms. The summed E-state index contributed by atoms with van der Waals surface area (Å²) in [6, 6.07) is 8.42. The first kappa shape index (κ1) is 16.0. The summed E-state index contributed by atoms with van der Waals surface area (Å²) in [5, 5.41) is 13.5. The van der Waals surface area contributed by atoms with Gasteiger partial charge in [0.25, 0.3) is 0 Å². The zero-order chi connectivity index (χ0) is 14.3. The summed E-state index contributed by atoms with van der Waals surface area (Å²) in [6.45, 7) is 9.51. The van der Waals surface area contributed by atoms with Crippen LogP contribution in [0.3, 0.4) is 0 Å². The monoisotopic (exact) mass is 265 g/mol. The summed E-state index contributed by atoms with van der Waals surface area (Å²) in [7, 11) is 0. The fraction of sp³-hybridized carbons (Fsp3) is 0.625. The first-order valence-electron chi connectivity index (χ1n) is 7.23. The topological polar surface area (TPSA) is 41.5 Å². The number of hydrogen-bond donors (Lipinski definition) is 2. The lowest BCUT2D eigenvalue weighted by Gasteiger charge is -2.25. The van der Waals surface area contributed by atoms with Crippen molar-refractivity contribution in [3.63, 3.8) is 0 Å². The standard InChI is InChI=1S/C16H27NO2/c1-5-16(18,6-2)12-19-15-10-8-14(9-11-15)13(4)17-7-3/h8-11,13,17-18H,5-7,12H2,1-4H3. The van der Waals surface area contributed by atoms with E-state index in [1.54, 1.807) is 0 Å². The highest BCUT2D eigenvalue weighted by molar-refractivity contribution is 5.29. The Morgan fingerprint density at radius 1 is 1.16 bits per heavy atom. The van der Waals surface area contributed by atoms with E-state index >= 15 is 0 Å². The highest BCUT2D eigenvalue weighted by Gasteiger charge is 2.22. The SMILES string of the molecule is CCNC(C)c1ccc(OCC(O)(CC)CC)cc1. The molecule has 1 aromatic carbocycles. The highest BCUT2D eigenvalue weighted by atomic mass is 16.5. The second-order valence-electron chi connectivity index (χ2n) is 5.07. The predicted molar refractivity (Wildman–Crippen MR) is 79.6 cm³/mol. The van der Waals surface area contributed by atoms with Crippen LogP contribution in [0.2, 0.25) is 0 Å². The third-order valence-electron chi connectivity index (χ3n) is 3.71. The van der Waals surface area contributed by atoms with Crippen LogP contribution in [0.15, 0.2) is 24.3 Å². The van der Waals surface area contributed by atoms with Gasteiger partial charge in [0.05, 0.1) is 5.60 Å². The van der Waals surface area contributed by atoms with Crippen LogP contribution < -0.4 is 10.1 Å². The number of benzene rings is 1. The van der Waals surface area contributed by atoms with Crippen molar-refractivity contribution in [1.82, 2.24) is 5.32 Å². The van der Waals surface area contributed by atoms with Crippen molar-refractivity contribution in [1.29, 1.82) is 0 Å². The minimum absolute atomic E-state index is 0.349. The van der Waals surface area contributed by atoms with Crippen molar-refractivity contribution in [2.24, 2.45) is 0 Å². The van der Waals surface area contributed by atoms with Crippen LogP contribution in [0.1, 0.15) is 52.1 Å². The van der Waals surface area contributed by atoms with E-state index in [1.807, 2.05) is 26.0 Å². The van der Waals surface area contributed by atoms with E-state index in [0.717, 1.165) is 12.3 Å². The molecular weight excluding hydrogens is 238 g/mol. The number of rotatable bonds is 8. The Hall–Kier alpha value is -1.06. The lowest BCUT2D eigenvalue weighted by Crippen LogP contribution is -2.34. The van der Waals surface area contributed by atoms with Crippen LogP contribution in [0.5, 0.6) is 5.75 Å². The molecule has 0 saturated heterocycles. The van der Waals surface area contributed by atoms with Gasteiger partial charge in [0, 0.05) is 6.04 Å². The normalized spacial score (nSPS) is 13.3. The van der Waals surface area contributed by atoms with Gasteiger partial charge in [0.2, 0.25) is 0 Å². The van der Waals surface area contributed by atoms with Crippen molar-refractivity contribution in [3.05, 3.63) is 29.8 Å². The number of nitrogens with one attached hydrogen (secondary N) is 1. The largest absolute Gasteiger partial charge is 0.491 e. The van der Waals surface area contributed by atoms with Gasteiger partial charge < -0.3 is 15.2 Å². The molecule has 108 valence electrons. The van der Waals surface area contributed by atoms with Crippen LogP contribution in [0.4, 0.5) is 0 Å². The molecule has 3 heteroatoms. The van der Waals surface area contributed by atoms with Gasteiger partial charge in [0.1, 0.15) is 12.4 Å². The van der Waals surface area contributed by atoms with E-state index in [2.05, 4.69) is 31.3 Å². The molecule has 0 aliphatic heterocycles. The van der Waals surface area contributed by atoms with E-state index in [9.17, 15) is 5.11 Å². The average Bonchev–Trinajstić information content (AvgIpc) is 2.45. The van der Waals surface area contributed by atoms with E-state index in [0.29, 0.717) is 25.5 Å². The molecule has 3 nitrogen and oxygen atoms in total. The van der Waals surface area contributed by atoms with E-state index in [4.69, 9.17) is 4.74 Å². The second-order valence-corrected chi connectivity index (χ2v) is 5.07. The molecule has 0 aromatic heterocycles. The molecule has 1 aromatic rings. The Morgan fingerprint density at radius 2 is 1.74 bits per heavy atom. The molecule has 0 heterocycles. The molecule has 0 fully saturated rings. The summed E-state index contributed by atoms with van der Waals surface area (Å²) in [5.41, 5.74) is 0.533. The minimum atomic E-state index is -0.713. The van der Waals surface area contributed by atoms with E-state index in [1.165, 1.54) is 5.56 Å². The molecule has 0 aliphatic rings. The smallest absolute Gasteiger partial charge is 0.119 e. The number of aliphatic hydroxyl groups is 1. The molecule has 0 aliphatic carbocycles. The van der Waals surface area contributed by atoms with Gasteiger partial charge in [-0.05, 0) is 44.0 Å². The molecule has 1 rings (SSSR count). The fourth-order valence-electron chi connectivity index (χ4n) is 1.95. The summed E-state index contributed by atoms with van der Waals surface area (Å²) < 4.78 is 5.68. The first-order valence-corrected chi connectivity index (χ1v) is 7.23. The van der Waals surface area contributed by atoms with Crippen LogP contribution >= 0.6 is 0 Å². The first-order chi connectivity index (χ1) is 9.04. The van der Waals surface area contributed by atoms with Gasteiger partial charge in [-0.25, -0.2) is 0 Å². The maximum atomic E-state index is 10.2. The van der Waals surface area contributed by atoms with Crippen molar-refractivity contribution >= 4 is 0 Å². The molecule has 19 heavy (non-hydrogen) atoms. The summed E-state index contributed by atoms with van der Waals surface area (Å²) in [4.78, 5) is 0. The van der Waals surface area contributed by atoms with Crippen LogP contribution in [-0.2, 0) is 0 Å². The van der Waals surface area contributed by atoms with Crippen molar-refractivity contribution in [2.45, 2.75) is 52.2 Å². The van der Waals surface area contributed by atoms with Crippen LogP contribution in [0.25, 0.3) is 0 Å². The Bertz CT molecular complexity index is 358. The highest BCUT2D eigenvalue weighted by Crippen LogP contribution is 2.20. The third kappa shape index (κ3) is 4.84. The van der Waals surface area contributed by atoms with Gasteiger partial charge in [-0.1, -0.05) is 32.9 Å². The molecule has 1 atom stereocenters.